The maximum absolute atomic E-state index is 2.32. The van der Waals surface area contributed by atoms with Crippen LogP contribution in [0.3, 0.4) is 0 Å². The number of imidazole rings is 1. The highest BCUT2D eigenvalue weighted by atomic mass is 31.1. The Morgan fingerprint density at radius 2 is 1.32 bits per heavy atom. The van der Waals surface area contributed by atoms with Gasteiger partial charge in [-0.25, -0.2) is 9.13 Å². The number of benzene rings is 3. The van der Waals surface area contributed by atoms with E-state index >= 15 is 0 Å². The maximum atomic E-state index is 2.32. The van der Waals surface area contributed by atoms with E-state index < -0.39 is 7.92 Å². The van der Waals surface area contributed by atoms with Crippen molar-refractivity contribution in [1.29, 1.82) is 0 Å². The van der Waals surface area contributed by atoms with Crippen LogP contribution >= 0.6 is 7.92 Å². The first kappa shape index (κ1) is 18.7. The molecule has 0 aliphatic heterocycles. The average molecular weight is 385 g/mol. The lowest BCUT2D eigenvalue weighted by Gasteiger charge is -2.16. The van der Waals surface area contributed by atoms with Crippen LogP contribution in [0.2, 0.25) is 0 Å². The van der Waals surface area contributed by atoms with Gasteiger partial charge in [0.15, 0.2) is 0 Å². The molecule has 0 N–H and O–H groups in total. The molecular formula is C25H26N2P+. The summed E-state index contributed by atoms with van der Waals surface area (Å²) in [7, 11) is -0.454. The molecule has 140 valence electrons. The van der Waals surface area contributed by atoms with Crippen LogP contribution in [0.5, 0.6) is 0 Å². The van der Waals surface area contributed by atoms with E-state index in [-0.39, 0.29) is 0 Å². The fourth-order valence-electron chi connectivity index (χ4n) is 3.88. The Morgan fingerprint density at radius 1 is 0.786 bits per heavy atom. The molecule has 3 aromatic carbocycles. The second kappa shape index (κ2) is 8.12. The predicted octanol–water partition coefficient (Wildman–Crippen LogP) is 4.78. The fourth-order valence-corrected chi connectivity index (χ4v) is 6.06. The molecule has 0 aliphatic rings. The quantitative estimate of drug-likeness (QED) is 0.345. The number of hydrogen-bond acceptors (Lipinski definition) is 0. The first-order valence-corrected chi connectivity index (χ1v) is 11.2. The van der Waals surface area contributed by atoms with Gasteiger partial charge in [-0.3, -0.25) is 0 Å². The molecule has 0 saturated heterocycles. The van der Waals surface area contributed by atoms with Crippen LogP contribution in [0.25, 0.3) is 5.69 Å². The molecule has 3 heteroatoms. The fraction of sp³-hybridized carbons (Fsp3) is 0.160. The molecule has 1 aromatic heterocycles. The van der Waals surface area contributed by atoms with Crippen molar-refractivity contribution in [2.24, 2.45) is 0 Å². The Kier molecular flexibility index (Phi) is 5.41. The van der Waals surface area contributed by atoms with Crippen molar-refractivity contribution in [3.63, 3.8) is 0 Å². The Hall–Kier alpha value is -2.70. The van der Waals surface area contributed by atoms with Gasteiger partial charge in [0, 0.05) is 0 Å². The monoisotopic (exact) mass is 385 g/mol. The van der Waals surface area contributed by atoms with Crippen molar-refractivity contribution in [2.45, 2.75) is 27.1 Å². The van der Waals surface area contributed by atoms with Crippen LogP contribution in [-0.4, -0.2) is 4.57 Å². The summed E-state index contributed by atoms with van der Waals surface area (Å²) in [6, 6.07) is 26.3. The number of nitrogens with zero attached hydrogens (tertiary/aromatic N) is 2. The zero-order valence-corrected chi connectivity index (χ0v) is 17.6. The van der Waals surface area contributed by atoms with Crippen LogP contribution in [0.1, 0.15) is 16.7 Å². The number of rotatable bonds is 5. The zero-order chi connectivity index (χ0) is 19.5. The van der Waals surface area contributed by atoms with Crippen LogP contribution < -0.4 is 15.2 Å². The summed E-state index contributed by atoms with van der Waals surface area (Å²) in [5.74, 6) is 0. The van der Waals surface area contributed by atoms with E-state index in [0.29, 0.717) is 0 Å². The van der Waals surface area contributed by atoms with Crippen molar-refractivity contribution in [3.05, 3.63) is 108 Å². The molecule has 0 fully saturated rings. The van der Waals surface area contributed by atoms with Crippen LogP contribution in [-0.2, 0) is 6.29 Å². The highest BCUT2D eigenvalue weighted by Gasteiger charge is 2.19. The van der Waals surface area contributed by atoms with E-state index in [1.54, 1.807) is 0 Å². The molecule has 4 rings (SSSR count). The van der Waals surface area contributed by atoms with E-state index in [9.17, 15) is 0 Å². The molecule has 28 heavy (non-hydrogen) atoms. The van der Waals surface area contributed by atoms with E-state index in [1.165, 1.54) is 33.0 Å². The first-order chi connectivity index (χ1) is 13.6. The average Bonchev–Trinajstić information content (AvgIpc) is 3.15. The van der Waals surface area contributed by atoms with Gasteiger partial charge in [-0.1, -0.05) is 78.4 Å². The summed E-state index contributed by atoms with van der Waals surface area (Å²) in [6.45, 7) is 6.55. The second-order valence-corrected chi connectivity index (χ2v) is 9.49. The van der Waals surface area contributed by atoms with E-state index in [0.717, 1.165) is 6.29 Å². The molecule has 0 amide bonds. The van der Waals surface area contributed by atoms with Gasteiger partial charge in [0.25, 0.3) is 0 Å². The summed E-state index contributed by atoms with van der Waals surface area (Å²) >= 11 is 0. The second-order valence-electron chi connectivity index (χ2n) is 7.32. The van der Waals surface area contributed by atoms with Crippen LogP contribution in [0.4, 0.5) is 0 Å². The van der Waals surface area contributed by atoms with E-state index in [4.69, 9.17) is 0 Å². The lowest BCUT2D eigenvalue weighted by atomic mass is 10.1. The van der Waals surface area contributed by atoms with Crippen molar-refractivity contribution >= 4 is 18.5 Å². The van der Waals surface area contributed by atoms with Crippen molar-refractivity contribution in [1.82, 2.24) is 4.57 Å². The Balaban J connectivity index is 1.68. The maximum Gasteiger partial charge on any atom is 0.249 e. The highest BCUT2D eigenvalue weighted by molar-refractivity contribution is 7.71. The molecule has 4 aromatic rings. The molecular weight excluding hydrogens is 359 g/mol. The Morgan fingerprint density at radius 3 is 1.86 bits per heavy atom. The van der Waals surface area contributed by atoms with Gasteiger partial charge in [0.05, 0.1) is 0 Å². The molecule has 0 radical (unpaired) electrons. The SMILES string of the molecule is Cc1cc(C)c(-n2cc[n+](CP(c3ccccc3)c3ccccc3)c2)c(C)c1. The van der Waals surface area contributed by atoms with Crippen LogP contribution in [0.15, 0.2) is 91.5 Å². The highest BCUT2D eigenvalue weighted by Crippen LogP contribution is 2.33. The summed E-state index contributed by atoms with van der Waals surface area (Å²) < 4.78 is 4.58. The number of aromatic nitrogens is 2. The summed E-state index contributed by atoms with van der Waals surface area (Å²) in [6.07, 6.45) is 7.57. The van der Waals surface area contributed by atoms with E-state index in [2.05, 4.69) is 121 Å². The minimum Gasteiger partial charge on any atom is -0.232 e. The minimum atomic E-state index is -0.454. The zero-order valence-electron chi connectivity index (χ0n) is 16.7. The van der Waals surface area contributed by atoms with Crippen molar-refractivity contribution in [3.8, 4) is 5.69 Å². The van der Waals surface area contributed by atoms with Gasteiger partial charge in [0.2, 0.25) is 6.33 Å². The summed E-state index contributed by atoms with van der Waals surface area (Å²) in [5.41, 5.74) is 5.23. The normalized spacial score (nSPS) is 11.1. The lowest BCUT2D eigenvalue weighted by molar-refractivity contribution is -0.676. The molecule has 0 spiro atoms. The molecule has 0 atom stereocenters. The molecule has 0 saturated carbocycles. The van der Waals surface area contributed by atoms with Crippen molar-refractivity contribution < 1.29 is 4.57 Å². The number of hydrogen-bond donors (Lipinski definition) is 0. The molecule has 0 unspecified atom stereocenters. The van der Waals surface area contributed by atoms with E-state index in [1.807, 2.05) is 0 Å². The summed E-state index contributed by atoms with van der Waals surface area (Å²) in [4.78, 5) is 0. The van der Waals surface area contributed by atoms with Gasteiger partial charge in [-0.05, 0) is 50.4 Å². The van der Waals surface area contributed by atoms with Gasteiger partial charge in [0.1, 0.15) is 24.4 Å². The molecule has 2 nitrogen and oxygen atoms in total. The lowest BCUT2D eigenvalue weighted by Crippen LogP contribution is -2.34. The molecule has 1 heterocycles. The first-order valence-electron chi connectivity index (χ1n) is 9.65. The molecule has 0 aliphatic carbocycles. The Bertz CT molecular complexity index is 1010. The van der Waals surface area contributed by atoms with Gasteiger partial charge in [-0.15, -0.1) is 0 Å². The van der Waals surface area contributed by atoms with Crippen LogP contribution in [0, 0.1) is 20.8 Å². The largest absolute Gasteiger partial charge is 0.249 e. The summed E-state index contributed by atoms with van der Waals surface area (Å²) in [5, 5.41) is 2.82. The Labute approximate surface area is 168 Å². The standard InChI is InChI=1S/C25H26N2P/c1-20-16-21(2)25(22(3)17-20)27-15-14-26(18-27)19-28(23-10-6-4-7-11-23)24-12-8-5-9-13-24/h4-18H,19H2,1-3H3/q+1. The molecule has 0 bridgehead atoms. The third kappa shape index (κ3) is 3.93. The predicted molar refractivity (Wildman–Crippen MR) is 119 cm³/mol. The van der Waals surface area contributed by atoms with Gasteiger partial charge in [-0.2, -0.15) is 0 Å². The minimum absolute atomic E-state index is 0.454. The van der Waals surface area contributed by atoms with Crippen molar-refractivity contribution in [2.75, 3.05) is 0 Å². The topological polar surface area (TPSA) is 8.81 Å². The van der Waals surface area contributed by atoms with Gasteiger partial charge < -0.3 is 0 Å². The number of aryl methyl sites for hydroxylation is 3. The van der Waals surface area contributed by atoms with Gasteiger partial charge >= 0.3 is 0 Å². The third-order valence-electron chi connectivity index (χ3n) is 5.03. The third-order valence-corrected chi connectivity index (χ3v) is 7.48. The smallest absolute Gasteiger partial charge is 0.232 e.